The first-order valence-corrected chi connectivity index (χ1v) is 11.7. The van der Waals surface area contributed by atoms with E-state index in [4.69, 9.17) is 17.3 Å². The Labute approximate surface area is 208 Å². The third-order valence-electron chi connectivity index (χ3n) is 6.95. The molecule has 6 nitrogen and oxygen atoms in total. The summed E-state index contributed by atoms with van der Waals surface area (Å²) in [7, 11) is 3.60. The zero-order valence-corrected chi connectivity index (χ0v) is 20.7. The molecule has 0 bridgehead atoms. The smallest absolute Gasteiger partial charge is 0.251 e. The summed E-state index contributed by atoms with van der Waals surface area (Å²) in [6, 6.07) is 5.95. The molecule has 2 amide bonds. The van der Waals surface area contributed by atoms with E-state index in [1.54, 1.807) is 38.6 Å². The first kappa shape index (κ1) is 26.9. The van der Waals surface area contributed by atoms with Gasteiger partial charge in [-0.1, -0.05) is 23.7 Å². The van der Waals surface area contributed by atoms with Crippen LogP contribution in [0.3, 0.4) is 0 Å². The number of carbonyl (C=O) groups excluding carboxylic acids is 2. The third kappa shape index (κ3) is 5.95. The van der Waals surface area contributed by atoms with Gasteiger partial charge in [0.25, 0.3) is 11.8 Å². The maximum atomic E-state index is 14.5. The molecule has 35 heavy (non-hydrogen) atoms. The van der Waals surface area contributed by atoms with E-state index in [-0.39, 0.29) is 41.9 Å². The number of primary amides is 1. The summed E-state index contributed by atoms with van der Waals surface area (Å²) in [6.07, 6.45) is 3.97. The summed E-state index contributed by atoms with van der Waals surface area (Å²) >= 11 is 6.12. The largest absolute Gasteiger partial charge is 0.366 e. The van der Waals surface area contributed by atoms with Crippen LogP contribution >= 0.6 is 11.6 Å². The predicted octanol–water partition coefficient (Wildman–Crippen LogP) is 4.17. The van der Waals surface area contributed by atoms with Crippen molar-refractivity contribution in [3.63, 3.8) is 0 Å². The molecule has 0 radical (unpaired) electrons. The number of carbonyl (C=O) groups is 2. The van der Waals surface area contributed by atoms with E-state index in [2.05, 4.69) is 10.3 Å². The number of hydrogen-bond donors (Lipinski definition) is 2. The number of aromatic nitrogens is 1. The van der Waals surface area contributed by atoms with E-state index in [9.17, 15) is 22.8 Å². The number of likely N-dealkylation sites (N-methyl/N-ethyl adjacent to an activating group) is 1. The average Bonchev–Trinajstić information content (AvgIpc) is 3.60. The van der Waals surface area contributed by atoms with E-state index >= 15 is 0 Å². The Morgan fingerprint density at radius 3 is 2.49 bits per heavy atom. The zero-order valence-electron chi connectivity index (χ0n) is 20.0. The van der Waals surface area contributed by atoms with Crippen LogP contribution in [0.5, 0.6) is 0 Å². The molecule has 0 saturated heterocycles. The number of pyridine rings is 1. The average molecular weight is 511 g/mol. The number of alkyl halides is 2. The first-order chi connectivity index (χ1) is 16.4. The van der Waals surface area contributed by atoms with Crippen LogP contribution in [0.4, 0.5) is 13.2 Å². The molecule has 3 rings (SSSR count). The van der Waals surface area contributed by atoms with Crippen molar-refractivity contribution in [2.75, 3.05) is 20.6 Å². The van der Waals surface area contributed by atoms with Crippen molar-refractivity contribution in [3.05, 3.63) is 64.2 Å². The molecule has 1 aromatic carbocycles. The molecule has 3 N–H and O–H groups in total. The lowest BCUT2D eigenvalue weighted by atomic mass is 9.77. The molecule has 1 fully saturated rings. The Morgan fingerprint density at radius 1 is 1.29 bits per heavy atom. The molecule has 1 aromatic heterocycles. The van der Waals surface area contributed by atoms with Crippen LogP contribution in [0.2, 0.25) is 5.02 Å². The summed E-state index contributed by atoms with van der Waals surface area (Å²) in [4.78, 5) is 30.2. The second-order valence-corrected chi connectivity index (χ2v) is 9.86. The van der Waals surface area contributed by atoms with Gasteiger partial charge in [-0.3, -0.25) is 14.6 Å². The normalized spacial score (nSPS) is 16.6. The van der Waals surface area contributed by atoms with Gasteiger partial charge in [-0.15, -0.1) is 0 Å². The van der Waals surface area contributed by atoms with Crippen molar-refractivity contribution in [2.45, 2.75) is 50.5 Å². The molecule has 0 unspecified atom stereocenters. The minimum Gasteiger partial charge on any atom is -0.366 e. The van der Waals surface area contributed by atoms with Gasteiger partial charge in [0.1, 0.15) is 0 Å². The fraction of sp³-hybridized carbons (Fsp3) is 0.480. The lowest BCUT2D eigenvalue weighted by molar-refractivity contribution is -0.123. The maximum Gasteiger partial charge on any atom is 0.251 e. The fourth-order valence-corrected chi connectivity index (χ4v) is 4.80. The Hall–Kier alpha value is -2.65. The van der Waals surface area contributed by atoms with Crippen LogP contribution in [0.1, 0.15) is 53.6 Å². The highest BCUT2D eigenvalue weighted by molar-refractivity contribution is 6.32. The number of halogens is 4. The van der Waals surface area contributed by atoms with E-state index in [1.807, 2.05) is 4.90 Å². The molecule has 1 aliphatic carbocycles. The number of benzene rings is 1. The molecular weight excluding hydrogens is 481 g/mol. The molecule has 1 aliphatic rings. The van der Waals surface area contributed by atoms with Crippen molar-refractivity contribution in [1.29, 1.82) is 0 Å². The van der Waals surface area contributed by atoms with Crippen molar-refractivity contribution < 1.29 is 22.8 Å². The second-order valence-electron chi connectivity index (χ2n) is 9.48. The van der Waals surface area contributed by atoms with Crippen molar-refractivity contribution >= 4 is 23.4 Å². The molecule has 1 saturated carbocycles. The minimum absolute atomic E-state index is 0.0992. The lowest BCUT2D eigenvalue weighted by Gasteiger charge is -2.32. The molecule has 2 atom stereocenters. The zero-order chi connectivity index (χ0) is 26.0. The SMILES string of the molecule is CN(C)[C@H](CNC(=O)C[C@H](c1cccnc1)C1(C(C)(F)F)CC1)Cc1ccc(C(N)=O)c(F)c1Cl. The van der Waals surface area contributed by atoms with E-state index in [0.717, 1.165) is 6.92 Å². The Kier molecular flexibility index (Phi) is 8.11. The number of nitrogens with one attached hydrogen (secondary N) is 1. The number of amides is 2. The second kappa shape index (κ2) is 10.5. The lowest BCUT2D eigenvalue weighted by Crippen LogP contribution is -2.43. The van der Waals surface area contributed by atoms with Gasteiger partial charge >= 0.3 is 0 Å². The molecule has 1 heterocycles. The highest BCUT2D eigenvalue weighted by Crippen LogP contribution is 2.65. The van der Waals surface area contributed by atoms with E-state index < -0.39 is 29.0 Å². The highest BCUT2D eigenvalue weighted by Gasteiger charge is 2.63. The molecule has 0 aliphatic heterocycles. The van der Waals surface area contributed by atoms with Gasteiger partial charge in [-0.25, -0.2) is 13.2 Å². The molecular formula is C25H30ClF3N4O2. The number of nitrogens with zero attached hydrogens (tertiary/aromatic N) is 2. The summed E-state index contributed by atoms with van der Waals surface area (Å²) in [6.45, 7) is 1.10. The molecule has 2 aromatic rings. The van der Waals surface area contributed by atoms with Gasteiger partial charge in [0.05, 0.1) is 10.6 Å². The standard InChI is InChI=1S/C25H30ClF3N4O2/c1-24(28,29)25(8-9-25)19(16-5-4-10-31-13-16)12-20(34)32-14-17(33(2)3)11-15-6-7-18(23(30)35)22(27)21(15)26/h4-7,10,13,17,19H,8-9,11-12,14H2,1-3H3,(H2,30,35)(H,32,34)/t17-,19+/m0/s1. The highest BCUT2D eigenvalue weighted by atomic mass is 35.5. The Bertz CT molecular complexity index is 1070. The van der Waals surface area contributed by atoms with Gasteiger partial charge in [0.2, 0.25) is 5.91 Å². The molecule has 0 spiro atoms. The quantitative estimate of drug-likeness (QED) is 0.475. The van der Waals surface area contributed by atoms with Gasteiger partial charge < -0.3 is 16.0 Å². The Morgan fingerprint density at radius 2 is 1.97 bits per heavy atom. The summed E-state index contributed by atoms with van der Waals surface area (Å²) in [5, 5.41) is 2.65. The topological polar surface area (TPSA) is 88.3 Å². The van der Waals surface area contributed by atoms with Gasteiger partial charge in [0, 0.05) is 42.7 Å². The number of rotatable bonds is 11. The van der Waals surface area contributed by atoms with Crippen LogP contribution in [0.15, 0.2) is 36.7 Å². The van der Waals surface area contributed by atoms with Crippen LogP contribution in [0, 0.1) is 11.2 Å². The van der Waals surface area contributed by atoms with Crippen molar-refractivity contribution in [3.8, 4) is 0 Å². The van der Waals surface area contributed by atoms with Crippen LogP contribution in [-0.4, -0.2) is 54.3 Å². The Balaban J connectivity index is 1.71. The monoisotopic (exact) mass is 510 g/mol. The van der Waals surface area contributed by atoms with Gasteiger partial charge in [0.15, 0.2) is 5.82 Å². The van der Waals surface area contributed by atoms with Crippen LogP contribution < -0.4 is 11.1 Å². The first-order valence-electron chi connectivity index (χ1n) is 11.3. The van der Waals surface area contributed by atoms with Crippen molar-refractivity contribution in [2.24, 2.45) is 11.1 Å². The number of hydrogen-bond acceptors (Lipinski definition) is 4. The van der Waals surface area contributed by atoms with Gasteiger partial charge in [-0.05, 0) is 63.5 Å². The van der Waals surface area contributed by atoms with Crippen LogP contribution in [0.25, 0.3) is 0 Å². The fourth-order valence-electron chi connectivity index (χ4n) is 4.56. The third-order valence-corrected chi connectivity index (χ3v) is 7.36. The summed E-state index contributed by atoms with van der Waals surface area (Å²) in [5.74, 6) is -5.76. The van der Waals surface area contributed by atoms with E-state index in [1.165, 1.54) is 12.1 Å². The predicted molar refractivity (Wildman–Crippen MR) is 128 cm³/mol. The number of nitrogens with two attached hydrogens (primary N) is 1. The maximum absolute atomic E-state index is 14.5. The summed E-state index contributed by atoms with van der Waals surface area (Å²) in [5.41, 5.74) is 4.68. The molecule has 190 valence electrons. The van der Waals surface area contributed by atoms with Crippen LogP contribution in [-0.2, 0) is 11.2 Å². The minimum atomic E-state index is -2.93. The summed E-state index contributed by atoms with van der Waals surface area (Å²) < 4.78 is 43.5. The van der Waals surface area contributed by atoms with E-state index in [0.29, 0.717) is 24.0 Å². The van der Waals surface area contributed by atoms with Crippen molar-refractivity contribution in [1.82, 2.24) is 15.2 Å². The van der Waals surface area contributed by atoms with Gasteiger partial charge in [-0.2, -0.15) is 0 Å². The molecule has 10 heteroatoms.